The number of carbonyl (C=O) groups is 1. The molecule has 32 heavy (non-hydrogen) atoms. The van der Waals surface area contributed by atoms with Crippen molar-refractivity contribution in [2.45, 2.75) is 39.5 Å². The highest BCUT2D eigenvalue weighted by Crippen LogP contribution is 2.35. The Bertz CT molecular complexity index is 1190. The molecule has 10 heteroatoms. The third-order valence-electron chi connectivity index (χ3n) is 6.01. The second-order valence-corrected chi connectivity index (χ2v) is 8.29. The average Bonchev–Trinajstić information content (AvgIpc) is 3.34. The summed E-state index contributed by atoms with van der Waals surface area (Å²) in [6, 6.07) is 5.82. The molecule has 10 nitrogen and oxygen atoms in total. The number of nitrogens with zero attached hydrogens (tertiary/aromatic N) is 7. The number of amides is 1. The van der Waals surface area contributed by atoms with Crippen molar-refractivity contribution in [2.24, 2.45) is 0 Å². The lowest BCUT2D eigenvalue weighted by molar-refractivity contribution is 0.0996. The van der Waals surface area contributed by atoms with Gasteiger partial charge in [0.1, 0.15) is 30.3 Å². The predicted molar refractivity (Wildman–Crippen MR) is 120 cm³/mol. The van der Waals surface area contributed by atoms with Crippen molar-refractivity contribution in [2.75, 3.05) is 30.5 Å². The van der Waals surface area contributed by atoms with Gasteiger partial charge in [-0.3, -0.25) is 9.69 Å². The fraction of sp³-hybridized carbons (Fsp3) is 0.409. The fourth-order valence-corrected chi connectivity index (χ4v) is 4.02. The number of aromatic nitrogens is 5. The summed E-state index contributed by atoms with van der Waals surface area (Å²) in [5.41, 5.74) is 3.07. The van der Waals surface area contributed by atoms with Crippen molar-refractivity contribution in [3.05, 3.63) is 41.3 Å². The van der Waals surface area contributed by atoms with Gasteiger partial charge in [0.25, 0.3) is 5.91 Å². The van der Waals surface area contributed by atoms with Crippen LogP contribution in [0.4, 0.5) is 11.6 Å². The van der Waals surface area contributed by atoms with Crippen molar-refractivity contribution in [3.8, 4) is 17.3 Å². The maximum Gasteiger partial charge on any atom is 0.260 e. The minimum absolute atomic E-state index is 0.0818. The molecule has 5 rings (SSSR count). The first-order valence-electron chi connectivity index (χ1n) is 10.7. The molecule has 0 saturated carbocycles. The Morgan fingerprint density at radius 3 is 2.91 bits per heavy atom. The van der Waals surface area contributed by atoms with E-state index in [-0.39, 0.29) is 11.9 Å². The second kappa shape index (κ2) is 7.86. The van der Waals surface area contributed by atoms with E-state index < -0.39 is 0 Å². The Morgan fingerprint density at radius 2 is 2.12 bits per heavy atom. The van der Waals surface area contributed by atoms with Gasteiger partial charge in [0.15, 0.2) is 11.5 Å². The van der Waals surface area contributed by atoms with E-state index in [9.17, 15) is 4.79 Å². The van der Waals surface area contributed by atoms with E-state index in [1.54, 1.807) is 11.2 Å². The number of nitrogens with one attached hydrogen (secondary N) is 1. The van der Waals surface area contributed by atoms with Crippen LogP contribution >= 0.6 is 0 Å². The summed E-state index contributed by atoms with van der Waals surface area (Å²) < 4.78 is 7.74. The molecule has 0 saturated heterocycles. The van der Waals surface area contributed by atoms with Crippen LogP contribution in [0.3, 0.4) is 0 Å². The Hall–Kier alpha value is -3.53. The number of carbonyl (C=O) groups excluding carboxylic acids is 1. The SMILES string of the molecule is CNCc1nc(N(C)C(C)C)cc2c1CN(c1ccc3c(n1)-c1nncn1CCO3)C2=O. The van der Waals surface area contributed by atoms with Gasteiger partial charge < -0.3 is 19.5 Å². The number of anilines is 2. The van der Waals surface area contributed by atoms with Gasteiger partial charge in [0, 0.05) is 25.2 Å². The van der Waals surface area contributed by atoms with Gasteiger partial charge in [0.2, 0.25) is 0 Å². The van der Waals surface area contributed by atoms with Gasteiger partial charge in [-0.05, 0) is 39.1 Å². The minimum atomic E-state index is -0.0818. The summed E-state index contributed by atoms with van der Waals surface area (Å²) >= 11 is 0. The normalized spacial score (nSPS) is 14.7. The smallest absolute Gasteiger partial charge is 0.260 e. The van der Waals surface area contributed by atoms with E-state index in [1.807, 2.05) is 36.9 Å². The molecule has 1 amide bonds. The fourth-order valence-electron chi connectivity index (χ4n) is 4.02. The van der Waals surface area contributed by atoms with Crippen LogP contribution in [0.1, 0.15) is 35.5 Å². The highest BCUT2D eigenvalue weighted by atomic mass is 16.5. The minimum Gasteiger partial charge on any atom is -0.489 e. The van der Waals surface area contributed by atoms with E-state index in [1.165, 1.54) is 0 Å². The lowest BCUT2D eigenvalue weighted by Gasteiger charge is -2.24. The molecule has 2 aliphatic rings. The lowest BCUT2D eigenvalue weighted by Crippen LogP contribution is -2.27. The number of hydrogen-bond donors (Lipinski definition) is 1. The molecule has 0 atom stereocenters. The Kier molecular flexibility index (Phi) is 5.01. The van der Waals surface area contributed by atoms with Crippen LogP contribution in [-0.4, -0.2) is 57.4 Å². The van der Waals surface area contributed by atoms with Crippen molar-refractivity contribution >= 4 is 17.5 Å². The Balaban J connectivity index is 1.55. The first-order valence-corrected chi connectivity index (χ1v) is 10.7. The van der Waals surface area contributed by atoms with Gasteiger partial charge in [-0.25, -0.2) is 9.97 Å². The molecule has 0 bridgehead atoms. The highest BCUT2D eigenvalue weighted by Gasteiger charge is 2.34. The molecule has 0 radical (unpaired) electrons. The van der Waals surface area contributed by atoms with Crippen LogP contribution in [0.5, 0.6) is 5.75 Å². The summed E-state index contributed by atoms with van der Waals surface area (Å²) in [5.74, 6) is 2.54. The predicted octanol–water partition coefficient (Wildman–Crippen LogP) is 1.85. The molecular weight excluding hydrogens is 408 g/mol. The number of ether oxygens (including phenoxy) is 1. The average molecular weight is 435 g/mol. The molecule has 2 aliphatic heterocycles. The van der Waals surface area contributed by atoms with Crippen molar-refractivity contribution in [1.82, 2.24) is 30.0 Å². The van der Waals surface area contributed by atoms with E-state index in [0.29, 0.717) is 54.9 Å². The number of hydrogen-bond acceptors (Lipinski definition) is 8. The molecular formula is C22H26N8O2. The molecule has 0 aromatic carbocycles. The molecule has 1 N–H and O–H groups in total. The maximum absolute atomic E-state index is 13.5. The van der Waals surface area contributed by atoms with Crippen LogP contribution in [0, 0.1) is 0 Å². The summed E-state index contributed by atoms with van der Waals surface area (Å²) in [7, 11) is 3.87. The first-order chi connectivity index (χ1) is 15.5. The number of pyridine rings is 2. The van der Waals surface area contributed by atoms with Crippen molar-refractivity contribution < 1.29 is 9.53 Å². The molecule has 0 spiro atoms. The van der Waals surface area contributed by atoms with Gasteiger partial charge in [-0.1, -0.05) is 0 Å². The van der Waals surface area contributed by atoms with Crippen LogP contribution in [0.25, 0.3) is 11.5 Å². The largest absolute Gasteiger partial charge is 0.489 e. The van der Waals surface area contributed by atoms with Crippen LogP contribution in [-0.2, 0) is 19.6 Å². The maximum atomic E-state index is 13.5. The molecule has 0 aliphatic carbocycles. The monoisotopic (exact) mass is 434 g/mol. The zero-order valence-electron chi connectivity index (χ0n) is 18.7. The molecule has 0 fully saturated rings. The Morgan fingerprint density at radius 1 is 1.28 bits per heavy atom. The molecule has 0 unspecified atom stereocenters. The molecule has 3 aromatic rings. The number of rotatable bonds is 5. The number of fused-ring (bicyclic) bond motifs is 4. The third-order valence-corrected chi connectivity index (χ3v) is 6.01. The standard InChI is InChI=1S/C22H26N8O2/c1-13(2)28(4)19-9-14-15(16(25-19)10-23-3)11-30(22(14)31)18-6-5-17-20(26-18)21-27-24-12-29(21)7-8-32-17/h5-6,9,12-13,23H,7-8,10-11H2,1-4H3. The van der Waals surface area contributed by atoms with Gasteiger partial charge in [-0.15, -0.1) is 10.2 Å². The first kappa shape index (κ1) is 20.4. The topological polar surface area (TPSA) is 101 Å². The van der Waals surface area contributed by atoms with Gasteiger partial charge >= 0.3 is 0 Å². The molecule has 166 valence electrons. The highest BCUT2D eigenvalue weighted by molar-refractivity contribution is 6.10. The van der Waals surface area contributed by atoms with E-state index in [4.69, 9.17) is 14.7 Å². The Labute approximate surface area is 186 Å². The lowest BCUT2D eigenvalue weighted by atomic mass is 10.1. The van der Waals surface area contributed by atoms with Gasteiger partial charge in [0.05, 0.1) is 24.3 Å². The molecule has 5 heterocycles. The quantitative estimate of drug-likeness (QED) is 0.649. The second-order valence-electron chi connectivity index (χ2n) is 8.29. The van der Waals surface area contributed by atoms with Crippen LogP contribution < -0.4 is 19.9 Å². The summed E-state index contributed by atoms with van der Waals surface area (Å²) in [6.07, 6.45) is 1.67. The van der Waals surface area contributed by atoms with E-state index in [2.05, 4.69) is 34.3 Å². The summed E-state index contributed by atoms with van der Waals surface area (Å²) in [6.45, 7) is 6.36. The third kappa shape index (κ3) is 3.27. The van der Waals surface area contributed by atoms with E-state index in [0.717, 1.165) is 17.1 Å². The zero-order chi connectivity index (χ0) is 22.4. The van der Waals surface area contributed by atoms with Crippen LogP contribution in [0.15, 0.2) is 24.5 Å². The summed E-state index contributed by atoms with van der Waals surface area (Å²) in [5, 5.41) is 11.4. The van der Waals surface area contributed by atoms with Gasteiger partial charge in [-0.2, -0.15) is 0 Å². The van der Waals surface area contributed by atoms with Crippen LogP contribution in [0.2, 0.25) is 0 Å². The summed E-state index contributed by atoms with van der Waals surface area (Å²) in [4.78, 5) is 26.9. The van der Waals surface area contributed by atoms with Crippen molar-refractivity contribution in [3.63, 3.8) is 0 Å². The van der Waals surface area contributed by atoms with Crippen molar-refractivity contribution in [1.29, 1.82) is 0 Å². The van der Waals surface area contributed by atoms with E-state index >= 15 is 0 Å². The zero-order valence-corrected chi connectivity index (χ0v) is 18.7. The molecule has 3 aromatic heterocycles.